The second-order valence-corrected chi connectivity index (χ2v) is 4.65. The van der Waals surface area contributed by atoms with Crippen LogP contribution in [0.5, 0.6) is 0 Å². The van der Waals surface area contributed by atoms with Crippen LogP contribution in [0.2, 0.25) is 0 Å². The van der Waals surface area contributed by atoms with E-state index in [4.69, 9.17) is 11.1 Å². The maximum absolute atomic E-state index is 13.3. The molecule has 0 saturated carbocycles. The van der Waals surface area contributed by atoms with Crippen LogP contribution in [0.25, 0.3) is 0 Å². The number of nitrogen functional groups attached to an aromatic ring is 1. The van der Waals surface area contributed by atoms with Crippen molar-refractivity contribution in [1.82, 2.24) is 0 Å². The van der Waals surface area contributed by atoms with E-state index in [0.29, 0.717) is 11.3 Å². The van der Waals surface area contributed by atoms with E-state index < -0.39 is 5.82 Å². The molecule has 0 atom stereocenters. The van der Waals surface area contributed by atoms with Crippen LogP contribution in [0.15, 0.2) is 42.5 Å². The standard InChI is InChI=1S/C16H18FN3/c1-3-11-4-7-13(8-5-11)20(2)15-9-6-12(17)10-14(15)16(18)19/h4-10H,3H2,1-2H3,(H3,18,19). The lowest BCUT2D eigenvalue weighted by Crippen LogP contribution is -2.18. The maximum Gasteiger partial charge on any atom is 0.125 e. The summed E-state index contributed by atoms with van der Waals surface area (Å²) in [7, 11) is 1.88. The van der Waals surface area contributed by atoms with Gasteiger partial charge in [-0.25, -0.2) is 4.39 Å². The smallest absolute Gasteiger partial charge is 0.125 e. The van der Waals surface area contributed by atoms with Crippen molar-refractivity contribution in [2.45, 2.75) is 13.3 Å². The van der Waals surface area contributed by atoms with Crippen LogP contribution in [-0.4, -0.2) is 12.9 Å². The minimum absolute atomic E-state index is 0.142. The molecule has 0 unspecified atom stereocenters. The van der Waals surface area contributed by atoms with Crippen LogP contribution >= 0.6 is 0 Å². The molecule has 0 spiro atoms. The molecule has 0 aliphatic rings. The molecule has 20 heavy (non-hydrogen) atoms. The van der Waals surface area contributed by atoms with Crippen molar-refractivity contribution in [3.63, 3.8) is 0 Å². The monoisotopic (exact) mass is 271 g/mol. The van der Waals surface area contributed by atoms with E-state index in [0.717, 1.165) is 12.1 Å². The first-order valence-electron chi connectivity index (χ1n) is 6.49. The molecule has 2 aromatic carbocycles. The van der Waals surface area contributed by atoms with E-state index in [2.05, 4.69) is 19.1 Å². The molecule has 3 N–H and O–H groups in total. The fourth-order valence-electron chi connectivity index (χ4n) is 2.11. The molecule has 4 heteroatoms. The second kappa shape index (κ2) is 5.74. The SMILES string of the molecule is CCc1ccc(N(C)c2ccc(F)cc2C(=N)N)cc1. The topological polar surface area (TPSA) is 53.1 Å². The molecule has 0 bridgehead atoms. The van der Waals surface area contributed by atoms with Gasteiger partial charge in [0.15, 0.2) is 0 Å². The van der Waals surface area contributed by atoms with E-state index in [1.54, 1.807) is 6.07 Å². The molecule has 0 radical (unpaired) electrons. The molecule has 2 aromatic rings. The van der Waals surface area contributed by atoms with Crippen LogP contribution in [0.1, 0.15) is 18.1 Å². The Bertz CT molecular complexity index is 620. The third-order valence-electron chi connectivity index (χ3n) is 3.34. The highest BCUT2D eigenvalue weighted by Gasteiger charge is 2.12. The Labute approximate surface area is 118 Å². The molecule has 0 aromatic heterocycles. The molecular weight excluding hydrogens is 253 g/mol. The molecule has 0 saturated heterocycles. The van der Waals surface area contributed by atoms with Crippen LogP contribution in [0.3, 0.4) is 0 Å². The first kappa shape index (κ1) is 14.1. The number of anilines is 2. The van der Waals surface area contributed by atoms with E-state index in [-0.39, 0.29) is 5.84 Å². The van der Waals surface area contributed by atoms with Crippen molar-refractivity contribution < 1.29 is 4.39 Å². The summed E-state index contributed by atoms with van der Waals surface area (Å²) in [5, 5.41) is 7.58. The third kappa shape index (κ3) is 2.79. The summed E-state index contributed by atoms with van der Waals surface area (Å²) in [6.07, 6.45) is 0.985. The molecule has 3 nitrogen and oxygen atoms in total. The molecule has 0 aliphatic heterocycles. The quantitative estimate of drug-likeness (QED) is 0.661. The van der Waals surface area contributed by atoms with Crippen molar-refractivity contribution in [2.24, 2.45) is 5.73 Å². The zero-order valence-corrected chi connectivity index (χ0v) is 11.7. The fraction of sp³-hybridized carbons (Fsp3) is 0.188. The Hall–Kier alpha value is -2.36. The van der Waals surface area contributed by atoms with E-state index >= 15 is 0 Å². The average molecular weight is 271 g/mol. The fourth-order valence-corrected chi connectivity index (χ4v) is 2.11. The van der Waals surface area contributed by atoms with Crippen LogP contribution in [0.4, 0.5) is 15.8 Å². The van der Waals surface area contributed by atoms with Gasteiger partial charge in [-0.05, 0) is 42.3 Å². The average Bonchev–Trinajstić information content (AvgIpc) is 2.46. The minimum atomic E-state index is -0.395. The first-order chi connectivity index (χ1) is 9.52. The van der Waals surface area contributed by atoms with Crippen LogP contribution in [-0.2, 0) is 6.42 Å². The summed E-state index contributed by atoms with van der Waals surface area (Å²) in [5.74, 6) is -0.537. The lowest BCUT2D eigenvalue weighted by Gasteiger charge is -2.22. The summed E-state index contributed by atoms with van der Waals surface area (Å²) in [6, 6.07) is 12.4. The summed E-state index contributed by atoms with van der Waals surface area (Å²) in [6.45, 7) is 2.10. The Balaban J connectivity index is 2.41. The Kier molecular flexibility index (Phi) is 4.03. The maximum atomic E-state index is 13.3. The van der Waals surface area contributed by atoms with E-state index in [1.165, 1.54) is 17.7 Å². The number of amidine groups is 1. The Morgan fingerprint density at radius 3 is 2.40 bits per heavy atom. The lowest BCUT2D eigenvalue weighted by molar-refractivity contribution is 0.627. The number of nitrogens with two attached hydrogens (primary N) is 1. The van der Waals surface area contributed by atoms with Crippen LogP contribution < -0.4 is 10.6 Å². The molecule has 2 rings (SSSR count). The third-order valence-corrected chi connectivity index (χ3v) is 3.34. The molecular formula is C16H18FN3. The minimum Gasteiger partial charge on any atom is -0.384 e. The normalized spacial score (nSPS) is 10.3. The van der Waals surface area contributed by atoms with Gasteiger partial charge in [0.05, 0.1) is 5.69 Å². The molecule has 0 aliphatic carbocycles. The molecule has 0 fully saturated rings. The number of hydrogen-bond donors (Lipinski definition) is 2. The number of benzene rings is 2. The van der Waals surface area contributed by atoms with Gasteiger partial charge in [-0.1, -0.05) is 19.1 Å². The van der Waals surface area contributed by atoms with Crippen molar-refractivity contribution in [3.8, 4) is 0 Å². The molecule has 104 valence electrons. The van der Waals surface area contributed by atoms with Crippen molar-refractivity contribution >= 4 is 17.2 Å². The highest BCUT2D eigenvalue weighted by atomic mass is 19.1. The van der Waals surface area contributed by atoms with Gasteiger partial charge in [0.2, 0.25) is 0 Å². The summed E-state index contributed by atoms with van der Waals surface area (Å²) < 4.78 is 13.3. The number of aryl methyl sites for hydroxylation is 1. The zero-order valence-electron chi connectivity index (χ0n) is 11.7. The van der Waals surface area contributed by atoms with Gasteiger partial charge in [-0.15, -0.1) is 0 Å². The number of hydrogen-bond acceptors (Lipinski definition) is 2. The van der Waals surface area contributed by atoms with Gasteiger partial charge in [0, 0.05) is 18.3 Å². The highest BCUT2D eigenvalue weighted by Crippen LogP contribution is 2.27. The second-order valence-electron chi connectivity index (χ2n) is 4.65. The van der Waals surface area contributed by atoms with Crippen molar-refractivity contribution in [3.05, 3.63) is 59.4 Å². The molecule has 0 heterocycles. The van der Waals surface area contributed by atoms with Gasteiger partial charge >= 0.3 is 0 Å². The Morgan fingerprint density at radius 2 is 1.85 bits per heavy atom. The van der Waals surface area contributed by atoms with Crippen molar-refractivity contribution in [2.75, 3.05) is 11.9 Å². The van der Waals surface area contributed by atoms with E-state index in [1.807, 2.05) is 24.1 Å². The number of nitrogens with zero attached hydrogens (tertiary/aromatic N) is 1. The number of halogens is 1. The van der Waals surface area contributed by atoms with Gasteiger partial charge in [-0.3, -0.25) is 5.41 Å². The van der Waals surface area contributed by atoms with Gasteiger partial charge < -0.3 is 10.6 Å². The van der Waals surface area contributed by atoms with Gasteiger partial charge in [-0.2, -0.15) is 0 Å². The summed E-state index contributed by atoms with van der Waals surface area (Å²) >= 11 is 0. The Morgan fingerprint density at radius 1 is 1.20 bits per heavy atom. The number of nitrogens with one attached hydrogen (secondary N) is 1. The zero-order chi connectivity index (χ0) is 14.7. The summed E-state index contributed by atoms with van der Waals surface area (Å²) in [5.41, 5.74) is 8.87. The summed E-state index contributed by atoms with van der Waals surface area (Å²) in [4.78, 5) is 1.90. The first-order valence-corrected chi connectivity index (χ1v) is 6.49. The largest absolute Gasteiger partial charge is 0.384 e. The van der Waals surface area contributed by atoms with Crippen LogP contribution in [0, 0.1) is 11.2 Å². The van der Waals surface area contributed by atoms with Gasteiger partial charge in [0.25, 0.3) is 0 Å². The van der Waals surface area contributed by atoms with Crippen molar-refractivity contribution in [1.29, 1.82) is 5.41 Å². The van der Waals surface area contributed by atoms with Gasteiger partial charge in [0.1, 0.15) is 11.7 Å². The lowest BCUT2D eigenvalue weighted by atomic mass is 10.1. The predicted molar refractivity (Wildman–Crippen MR) is 81.3 cm³/mol. The molecule has 0 amide bonds. The highest BCUT2D eigenvalue weighted by molar-refractivity contribution is 6.01. The predicted octanol–water partition coefficient (Wildman–Crippen LogP) is 3.44. The van der Waals surface area contributed by atoms with E-state index in [9.17, 15) is 4.39 Å². The number of rotatable bonds is 4.